The molecule has 1 amide bonds. The standard InChI is InChI=1S/C21H18N2O5/c1-27-20-9-5-8-18(14-20)22(15-16-6-3-2-4-7-16)21(24)28-19-12-10-17(11-13-19)23(25)26/h2-14H,15H2,1H3. The fourth-order valence-corrected chi connectivity index (χ4v) is 2.60. The predicted molar refractivity (Wildman–Crippen MR) is 105 cm³/mol. The van der Waals surface area contributed by atoms with Gasteiger partial charge in [0.1, 0.15) is 11.5 Å². The summed E-state index contributed by atoms with van der Waals surface area (Å²) in [6.07, 6.45) is -0.606. The Morgan fingerprint density at radius 3 is 2.32 bits per heavy atom. The smallest absolute Gasteiger partial charge is 0.420 e. The van der Waals surface area contributed by atoms with Crippen LogP contribution in [-0.4, -0.2) is 18.1 Å². The van der Waals surface area contributed by atoms with E-state index in [0.29, 0.717) is 18.0 Å². The van der Waals surface area contributed by atoms with Gasteiger partial charge >= 0.3 is 6.09 Å². The zero-order valence-electron chi connectivity index (χ0n) is 15.1. The molecule has 0 aliphatic rings. The molecule has 0 saturated carbocycles. The number of amides is 1. The third kappa shape index (κ3) is 4.64. The van der Waals surface area contributed by atoms with Crippen molar-refractivity contribution in [2.45, 2.75) is 6.54 Å². The van der Waals surface area contributed by atoms with Crippen LogP contribution in [0.5, 0.6) is 11.5 Å². The minimum atomic E-state index is -0.606. The van der Waals surface area contributed by atoms with Crippen molar-refractivity contribution >= 4 is 17.5 Å². The summed E-state index contributed by atoms with van der Waals surface area (Å²) in [5.74, 6) is 0.829. The van der Waals surface area contributed by atoms with Gasteiger partial charge in [0.2, 0.25) is 0 Å². The molecule has 28 heavy (non-hydrogen) atoms. The molecule has 0 unspecified atom stereocenters. The number of anilines is 1. The van der Waals surface area contributed by atoms with Gasteiger partial charge in [0.05, 0.1) is 24.3 Å². The molecular weight excluding hydrogens is 360 g/mol. The number of methoxy groups -OCH3 is 1. The van der Waals surface area contributed by atoms with Gasteiger partial charge < -0.3 is 9.47 Å². The van der Waals surface area contributed by atoms with E-state index >= 15 is 0 Å². The number of carbonyl (C=O) groups is 1. The average molecular weight is 378 g/mol. The molecule has 3 aromatic rings. The highest BCUT2D eigenvalue weighted by molar-refractivity contribution is 5.89. The minimum absolute atomic E-state index is 0.0752. The van der Waals surface area contributed by atoms with Crippen LogP contribution >= 0.6 is 0 Å². The van der Waals surface area contributed by atoms with E-state index in [0.717, 1.165) is 5.56 Å². The van der Waals surface area contributed by atoms with Crippen LogP contribution in [0.1, 0.15) is 5.56 Å². The fourth-order valence-electron chi connectivity index (χ4n) is 2.60. The van der Waals surface area contributed by atoms with Crippen LogP contribution in [-0.2, 0) is 6.54 Å². The van der Waals surface area contributed by atoms with Crippen LogP contribution in [0.25, 0.3) is 0 Å². The van der Waals surface area contributed by atoms with Gasteiger partial charge in [-0.05, 0) is 29.8 Å². The minimum Gasteiger partial charge on any atom is -0.497 e. The van der Waals surface area contributed by atoms with Gasteiger partial charge in [0.15, 0.2) is 0 Å². The van der Waals surface area contributed by atoms with E-state index in [1.165, 1.54) is 29.2 Å². The lowest BCUT2D eigenvalue weighted by atomic mass is 10.2. The topological polar surface area (TPSA) is 81.9 Å². The van der Waals surface area contributed by atoms with Crippen molar-refractivity contribution in [2.24, 2.45) is 0 Å². The van der Waals surface area contributed by atoms with Crippen molar-refractivity contribution in [3.63, 3.8) is 0 Å². The predicted octanol–water partition coefficient (Wildman–Crippen LogP) is 4.81. The maximum Gasteiger partial charge on any atom is 0.420 e. The number of benzene rings is 3. The third-order valence-corrected chi connectivity index (χ3v) is 4.02. The van der Waals surface area contributed by atoms with Crippen LogP contribution < -0.4 is 14.4 Å². The summed E-state index contributed by atoms with van der Waals surface area (Å²) < 4.78 is 10.7. The molecule has 0 saturated heterocycles. The van der Waals surface area contributed by atoms with Gasteiger partial charge in [-0.1, -0.05) is 36.4 Å². The van der Waals surface area contributed by atoms with Crippen molar-refractivity contribution < 1.29 is 19.2 Å². The number of nitro benzene ring substituents is 1. The molecule has 0 aliphatic heterocycles. The Bertz CT molecular complexity index is 958. The SMILES string of the molecule is COc1cccc(N(Cc2ccccc2)C(=O)Oc2ccc([N+](=O)[O-])cc2)c1. The number of rotatable bonds is 6. The summed E-state index contributed by atoms with van der Waals surface area (Å²) in [7, 11) is 1.55. The molecule has 0 heterocycles. The monoisotopic (exact) mass is 378 g/mol. The molecule has 0 aliphatic carbocycles. The molecule has 0 atom stereocenters. The Morgan fingerprint density at radius 2 is 1.68 bits per heavy atom. The van der Waals surface area contributed by atoms with E-state index in [9.17, 15) is 14.9 Å². The number of nitro groups is 1. The lowest BCUT2D eigenvalue weighted by molar-refractivity contribution is -0.384. The summed E-state index contributed by atoms with van der Waals surface area (Å²) in [6, 6.07) is 21.9. The molecule has 7 nitrogen and oxygen atoms in total. The second kappa shape index (κ2) is 8.68. The Morgan fingerprint density at radius 1 is 0.964 bits per heavy atom. The van der Waals surface area contributed by atoms with Crippen LogP contribution in [0, 0.1) is 10.1 Å². The lowest BCUT2D eigenvalue weighted by Crippen LogP contribution is -2.33. The normalized spacial score (nSPS) is 10.2. The number of hydrogen-bond acceptors (Lipinski definition) is 5. The van der Waals surface area contributed by atoms with E-state index in [-0.39, 0.29) is 11.4 Å². The second-order valence-corrected chi connectivity index (χ2v) is 5.89. The van der Waals surface area contributed by atoms with Crippen molar-refractivity contribution in [3.8, 4) is 11.5 Å². The van der Waals surface area contributed by atoms with Crippen molar-refractivity contribution in [1.29, 1.82) is 0 Å². The molecule has 0 N–H and O–H groups in total. The van der Waals surface area contributed by atoms with Crippen LogP contribution in [0.15, 0.2) is 78.9 Å². The van der Waals surface area contributed by atoms with Gasteiger partial charge in [-0.15, -0.1) is 0 Å². The highest BCUT2D eigenvalue weighted by Crippen LogP contribution is 2.25. The summed E-state index contributed by atoms with van der Waals surface area (Å²) >= 11 is 0. The van der Waals surface area contributed by atoms with Crippen molar-refractivity contribution in [3.05, 3.63) is 94.5 Å². The molecular formula is C21H18N2O5. The molecule has 7 heteroatoms. The van der Waals surface area contributed by atoms with Crippen LogP contribution in [0.2, 0.25) is 0 Å². The Labute approximate surface area is 161 Å². The van der Waals surface area contributed by atoms with Gasteiger partial charge in [-0.3, -0.25) is 15.0 Å². The number of hydrogen-bond donors (Lipinski definition) is 0. The van der Waals surface area contributed by atoms with Gasteiger partial charge in [-0.2, -0.15) is 0 Å². The number of non-ortho nitro benzene ring substituents is 1. The van der Waals surface area contributed by atoms with Gasteiger partial charge in [0, 0.05) is 18.2 Å². The average Bonchev–Trinajstić information content (AvgIpc) is 2.73. The fraction of sp³-hybridized carbons (Fsp3) is 0.0952. The highest BCUT2D eigenvalue weighted by Gasteiger charge is 2.20. The number of ether oxygens (including phenoxy) is 2. The molecule has 0 aromatic heterocycles. The Hall–Kier alpha value is -3.87. The first kappa shape index (κ1) is 18.9. The lowest BCUT2D eigenvalue weighted by Gasteiger charge is -2.22. The van der Waals surface area contributed by atoms with Crippen molar-refractivity contribution in [1.82, 2.24) is 0 Å². The molecule has 0 radical (unpaired) electrons. The highest BCUT2D eigenvalue weighted by atomic mass is 16.6. The molecule has 3 rings (SSSR count). The molecule has 3 aromatic carbocycles. The van der Waals surface area contributed by atoms with E-state index in [1.807, 2.05) is 30.3 Å². The first-order valence-corrected chi connectivity index (χ1v) is 8.48. The number of nitrogens with zero attached hydrogens (tertiary/aromatic N) is 2. The van der Waals surface area contributed by atoms with Gasteiger partial charge in [-0.25, -0.2) is 4.79 Å². The molecule has 0 spiro atoms. The Kier molecular flexibility index (Phi) is 5.86. The second-order valence-electron chi connectivity index (χ2n) is 5.89. The maximum atomic E-state index is 12.9. The van der Waals surface area contributed by atoms with Crippen LogP contribution in [0.3, 0.4) is 0 Å². The molecule has 0 bridgehead atoms. The summed E-state index contributed by atoms with van der Waals surface area (Å²) in [4.78, 5) is 24.6. The van der Waals surface area contributed by atoms with Crippen molar-refractivity contribution in [2.75, 3.05) is 12.0 Å². The summed E-state index contributed by atoms with van der Waals surface area (Å²) in [5, 5.41) is 10.8. The first-order valence-electron chi connectivity index (χ1n) is 8.48. The zero-order valence-corrected chi connectivity index (χ0v) is 15.1. The summed E-state index contributed by atoms with van der Waals surface area (Å²) in [5.41, 5.74) is 1.45. The van der Waals surface area contributed by atoms with E-state index in [4.69, 9.17) is 9.47 Å². The molecule has 142 valence electrons. The largest absolute Gasteiger partial charge is 0.497 e. The first-order chi connectivity index (χ1) is 13.6. The molecule has 0 fully saturated rings. The van der Waals surface area contributed by atoms with E-state index < -0.39 is 11.0 Å². The Balaban J connectivity index is 1.86. The third-order valence-electron chi connectivity index (χ3n) is 4.02. The van der Waals surface area contributed by atoms with E-state index in [2.05, 4.69) is 0 Å². The van der Waals surface area contributed by atoms with Gasteiger partial charge in [0.25, 0.3) is 5.69 Å². The van der Waals surface area contributed by atoms with E-state index in [1.54, 1.807) is 31.4 Å². The quantitative estimate of drug-likeness (QED) is 0.454. The number of carbonyl (C=O) groups excluding carboxylic acids is 1. The summed E-state index contributed by atoms with van der Waals surface area (Å²) in [6.45, 7) is 0.291. The maximum absolute atomic E-state index is 12.9. The zero-order chi connectivity index (χ0) is 19.9. The van der Waals surface area contributed by atoms with Crippen LogP contribution in [0.4, 0.5) is 16.2 Å².